The molecular weight excluding hydrogens is 416 g/mol. The van der Waals surface area contributed by atoms with E-state index in [2.05, 4.69) is 0 Å². The fourth-order valence-electron chi connectivity index (χ4n) is 2.37. The molecule has 0 unspecified atom stereocenters. The first kappa shape index (κ1) is 22.7. The van der Waals surface area contributed by atoms with Crippen LogP contribution in [0.15, 0.2) is 36.4 Å². The van der Waals surface area contributed by atoms with Crippen LogP contribution in [-0.2, 0) is 15.8 Å². The highest BCUT2D eigenvalue weighted by Gasteiger charge is 2.33. The summed E-state index contributed by atoms with van der Waals surface area (Å²) in [6.07, 6.45) is -4.16. The topological polar surface area (TPSA) is 52.6 Å². The quantitative estimate of drug-likeness (QED) is 0.237. The van der Waals surface area contributed by atoms with E-state index in [1.165, 1.54) is 25.1 Å². The van der Waals surface area contributed by atoms with Crippen molar-refractivity contribution in [2.45, 2.75) is 38.8 Å². The predicted molar refractivity (Wildman–Crippen MR) is 97.3 cm³/mol. The Kier molecular flexibility index (Phi) is 7.61. The zero-order chi connectivity index (χ0) is 21.6. The Morgan fingerprint density at radius 3 is 1.97 bits per heavy atom. The first-order chi connectivity index (χ1) is 13.6. The van der Waals surface area contributed by atoms with Crippen LogP contribution in [0.5, 0.6) is 11.5 Å². The Morgan fingerprint density at radius 1 is 0.931 bits per heavy atom. The van der Waals surface area contributed by atoms with E-state index in [4.69, 9.17) is 21.1 Å². The summed E-state index contributed by atoms with van der Waals surface area (Å²) in [6, 6.07) is 6.74. The second-order valence-corrected chi connectivity index (χ2v) is 6.61. The molecule has 2 rings (SSSR count). The third kappa shape index (κ3) is 7.05. The first-order valence-corrected chi connectivity index (χ1v) is 8.98. The number of halogens is 5. The van der Waals surface area contributed by atoms with Crippen molar-refractivity contribution >= 4 is 23.5 Å². The summed E-state index contributed by atoms with van der Waals surface area (Å²) in [5, 5.41) is -0.493. The molecule has 0 aliphatic rings. The van der Waals surface area contributed by atoms with Gasteiger partial charge in [-0.2, -0.15) is 13.2 Å². The molecule has 9 heteroatoms. The standard InChI is InChI=1S/C20H17ClF4O4/c1-12-10-13(7-9-17(12)22)28-18(26)4-2-3-5-19(27)29-14-6-8-16(21)15(11-14)20(23,24)25/h6-11H,2-5H2,1H3. The molecule has 2 aromatic rings. The van der Waals surface area contributed by atoms with Gasteiger partial charge in [-0.25, -0.2) is 4.39 Å². The molecular formula is C20H17ClF4O4. The van der Waals surface area contributed by atoms with Gasteiger partial charge < -0.3 is 9.47 Å². The van der Waals surface area contributed by atoms with Crippen molar-refractivity contribution < 1.29 is 36.6 Å². The zero-order valence-corrected chi connectivity index (χ0v) is 16.1. The van der Waals surface area contributed by atoms with E-state index in [9.17, 15) is 27.2 Å². The van der Waals surface area contributed by atoms with E-state index in [0.29, 0.717) is 18.1 Å². The van der Waals surface area contributed by atoms with Crippen LogP contribution in [0.4, 0.5) is 17.6 Å². The van der Waals surface area contributed by atoms with Gasteiger partial charge in [-0.1, -0.05) is 11.6 Å². The SMILES string of the molecule is Cc1cc(OC(=O)CCCCC(=O)Oc2ccc(Cl)c(C(F)(F)F)c2)ccc1F. The number of aryl methyl sites for hydroxylation is 1. The largest absolute Gasteiger partial charge is 0.427 e. The van der Waals surface area contributed by atoms with E-state index in [1.807, 2.05) is 0 Å². The number of hydrogen-bond acceptors (Lipinski definition) is 4. The Hall–Kier alpha value is -2.61. The third-order valence-corrected chi connectivity index (χ3v) is 4.18. The number of carbonyl (C=O) groups excluding carboxylic acids is 2. The number of hydrogen-bond donors (Lipinski definition) is 0. The monoisotopic (exact) mass is 432 g/mol. The fourth-order valence-corrected chi connectivity index (χ4v) is 2.59. The number of carbonyl (C=O) groups is 2. The maximum atomic E-state index is 13.2. The van der Waals surface area contributed by atoms with Crippen LogP contribution >= 0.6 is 11.6 Å². The van der Waals surface area contributed by atoms with Gasteiger partial charge in [-0.3, -0.25) is 9.59 Å². The highest BCUT2D eigenvalue weighted by molar-refractivity contribution is 6.31. The molecule has 0 spiro atoms. The molecule has 0 radical (unpaired) electrons. The van der Waals surface area contributed by atoms with Crippen molar-refractivity contribution in [2.24, 2.45) is 0 Å². The Bertz CT molecular complexity index is 897. The summed E-state index contributed by atoms with van der Waals surface area (Å²) >= 11 is 5.50. The van der Waals surface area contributed by atoms with Crippen LogP contribution in [0.25, 0.3) is 0 Å². The summed E-state index contributed by atoms with van der Waals surface area (Å²) in [6.45, 7) is 1.54. The van der Waals surface area contributed by atoms with Crippen molar-refractivity contribution in [3.05, 3.63) is 58.4 Å². The lowest BCUT2D eigenvalue weighted by atomic mass is 10.2. The molecule has 156 valence electrons. The minimum Gasteiger partial charge on any atom is -0.427 e. The van der Waals surface area contributed by atoms with Crippen LogP contribution in [0.3, 0.4) is 0 Å². The van der Waals surface area contributed by atoms with Crippen LogP contribution in [0, 0.1) is 12.7 Å². The summed E-state index contributed by atoms with van der Waals surface area (Å²) in [4.78, 5) is 23.5. The van der Waals surface area contributed by atoms with E-state index >= 15 is 0 Å². The summed E-state index contributed by atoms with van der Waals surface area (Å²) in [7, 11) is 0. The first-order valence-electron chi connectivity index (χ1n) is 8.60. The van der Waals surface area contributed by atoms with Crippen molar-refractivity contribution in [3.8, 4) is 11.5 Å². The van der Waals surface area contributed by atoms with Crippen molar-refractivity contribution in [1.29, 1.82) is 0 Å². The number of benzene rings is 2. The summed E-state index contributed by atoms with van der Waals surface area (Å²) < 4.78 is 61.5. The normalized spacial score (nSPS) is 11.2. The zero-order valence-electron chi connectivity index (χ0n) is 15.3. The highest BCUT2D eigenvalue weighted by atomic mass is 35.5. The number of ether oxygens (including phenoxy) is 2. The van der Waals surface area contributed by atoms with Crippen LogP contribution in [-0.4, -0.2) is 11.9 Å². The minimum atomic E-state index is -4.66. The third-order valence-electron chi connectivity index (χ3n) is 3.85. The molecule has 0 N–H and O–H groups in total. The van der Waals surface area contributed by atoms with Gasteiger partial charge in [0, 0.05) is 12.8 Å². The van der Waals surface area contributed by atoms with Gasteiger partial charge in [0.25, 0.3) is 0 Å². The molecule has 29 heavy (non-hydrogen) atoms. The van der Waals surface area contributed by atoms with E-state index in [0.717, 1.165) is 12.1 Å². The van der Waals surface area contributed by atoms with E-state index in [1.54, 1.807) is 0 Å². The molecule has 0 atom stereocenters. The molecule has 0 aliphatic carbocycles. The Balaban J connectivity index is 1.76. The van der Waals surface area contributed by atoms with Gasteiger partial charge in [0.2, 0.25) is 0 Å². The number of esters is 2. The molecule has 2 aromatic carbocycles. The van der Waals surface area contributed by atoms with Crippen LogP contribution in [0.1, 0.15) is 36.8 Å². The lowest BCUT2D eigenvalue weighted by molar-refractivity contribution is -0.139. The predicted octanol–water partition coefficient (Wildman–Crippen LogP) is 5.88. The van der Waals surface area contributed by atoms with Gasteiger partial charge in [-0.15, -0.1) is 0 Å². The van der Waals surface area contributed by atoms with E-state index in [-0.39, 0.29) is 30.8 Å². The molecule has 0 saturated heterocycles. The Morgan fingerprint density at radius 2 is 1.45 bits per heavy atom. The van der Waals surface area contributed by atoms with Crippen molar-refractivity contribution in [3.63, 3.8) is 0 Å². The maximum Gasteiger partial charge on any atom is 0.417 e. The van der Waals surface area contributed by atoms with Crippen molar-refractivity contribution in [2.75, 3.05) is 0 Å². The second kappa shape index (κ2) is 9.73. The molecule has 0 saturated carbocycles. The minimum absolute atomic E-state index is 0.0167. The molecule has 0 aliphatic heterocycles. The summed E-state index contributed by atoms with van der Waals surface area (Å²) in [5.74, 6) is -1.74. The average Bonchev–Trinajstić information content (AvgIpc) is 2.62. The number of unbranched alkanes of at least 4 members (excludes halogenated alkanes) is 1. The van der Waals surface area contributed by atoms with Crippen LogP contribution < -0.4 is 9.47 Å². The summed E-state index contributed by atoms with van der Waals surface area (Å²) in [5.41, 5.74) is -0.753. The maximum absolute atomic E-state index is 13.2. The molecule has 0 amide bonds. The van der Waals surface area contributed by atoms with Crippen LogP contribution in [0.2, 0.25) is 5.02 Å². The molecule has 4 nitrogen and oxygen atoms in total. The second-order valence-electron chi connectivity index (χ2n) is 6.21. The van der Waals surface area contributed by atoms with E-state index < -0.39 is 34.5 Å². The number of rotatable bonds is 7. The van der Waals surface area contributed by atoms with Crippen molar-refractivity contribution in [1.82, 2.24) is 0 Å². The molecule has 0 bridgehead atoms. The van der Waals surface area contributed by atoms with Gasteiger partial charge in [-0.05, 0) is 61.7 Å². The lowest BCUT2D eigenvalue weighted by Crippen LogP contribution is -2.11. The van der Waals surface area contributed by atoms with Gasteiger partial charge in [0.05, 0.1) is 10.6 Å². The van der Waals surface area contributed by atoms with Gasteiger partial charge in [0.1, 0.15) is 17.3 Å². The average molecular weight is 433 g/mol. The molecule has 0 heterocycles. The van der Waals surface area contributed by atoms with Gasteiger partial charge >= 0.3 is 18.1 Å². The molecule has 0 aromatic heterocycles. The van der Waals surface area contributed by atoms with Gasteiger partial charge in [0.15, 0.2) is 0 Å². The fraction of sp³-hybridized carbons (Fsp3) is 0.300. The highest BCUT2D eigenvalue weighted by Crippen LogP contribution is 2.36. The number of alkyl halides is 3. The molecule has 0 fully saturated rings. The lowest BCUT2D eigenvalue weighted by Gasteiger charge is -2.11. The Labute approximate surface area is 169 Å². The smallest absolute Gasteiger partial charge is 0.417 e.